The summed E-state index contributed by atoms with van der Waals surface area (Å²) < 4.78 is 14.1. The molecule has 166 valence electrons. The van der Waals surface area contributed by atoms with Crippen molar-refractivity contribution in [3.8, 4) is 0 Å². The van der Waals surface area contributed by atoms with E-state index in [0.29, 0.717) is 17.1 Å². The first kappa shape index (κ1) is 22.4. The number of rotatable bonds is 4. The van der Waals surface area contributed by atoms with Crippen LogP contribution in [0.2, 0.25) is 10.0 Å². The molecule has 0 aliphatic carbocycles. The summed E-state index contributed by atoms with van der Waals surface area (Å²) in [6.07, 6.45) is 1.64. The quantitative estimate of drug-likeness (QED) is 0.637. The number of aryl methyl sites for hydroxylation is 1. The number of piperidine rings is 1. The summed E-state index contributed by atoms with van der Waals surface area (Å²) in [5, 5.41) is 1.15. The summed E-state index contributed by atoms with van der Waals surface area (Å²) in [6, 6.07) is 10.8. The van der Waals surface area contributed by atoms with Gasteiger partial charge in [-0.1, -0.05) is 35.3 Å². The Balaban J connectivity index is 1.27. The zero-order valence-electron chi connectivity index (χ0n) is 17.8. The molecule has 0 bridgehead atoms. The number of carbonyl (C=O) groups excluding carboxylic acids is 1. The maximum Gasteiger partial charge on any atom is 0.225 e. The predicted octanol–water partition coefficient (Wildman–Crippen LogP) is 5.00. The van der Waals surface area contributed by atoms with Crippen LogP contribution in [-0.2, 0) is 11.3 Å². The molecule has 4 rings (SSSR count). The SMILES string of the molecule is Cc1ccc(Cl)cc1N1CCN(C(=O)C2CCN(Cc3ccc(Cl)cc3F)CC2)CC1. The Morgan fingerprint density at radius 3 is 2.29 bits per heavy atom. The van der Waals surface area contributed by atoms with E-state index in [4.69, 9.17) is 23.2 Å². The fraction of sp³-hybridized carbons (Fsp3) is 0.458. The molecule has 2 saturated heterocycles. The van der Waals surface area contributed by atoms with Crippen LogP contribution in [0.3, 0.4) is 0 Å². The first-order valence-corrected chi connectivity index (χ1v) is 11.6. The van der Waals surface area contributed by atoms with Gasteiger partial charge >= 0.3 is 0 Å². The van der Waals surface area contributed by atoms with Gasteiger partial charge in [0.15, 0.2) is 0 Å². The molecule has 2 heterocycles. The van der Waals surface area contributed by atoms with E-state index in [0.717, 1.165) is 62.8 Å². The molecule has 0 saturated carbocycles. The molecule has 7 heteroatoms. The van der Waals surface area contributed by atoms with Crippen LogP contribution in [0.25, 0.3) is 0 Å². The molecule has 2 aromatic carbocycles. The summed E-state index contributed by atoms with van der Waals surface area (Å²) in [6.45, 7) is 7.37. The van der Waals surface area contributed by atoms with Crippen LogP contribution in [0.4, 0.5) is 10.1 Å². The van der Waals surface area contributed by atoms with Crippen LogP contribution in [0.1, 0.15) is 24.0 Å². The third kappa shape index (κ3) is 5.33. The Labute approximate surface area is 193 Å². The third-order valence-electron chi connectivity index (χ3n) is 6.45. The molecule has 0 radical (unpaired) electrons. The maximum absolute atomic E-state index is 14.1. The lowest BCUT2D eigenvalue weighted by Gasteiger charge is -2.39. The summed E-state index contributed by atoms with van der Waals surface area (Å²) in [7, 11) is 0. The van der Waals surface area contributed by atoms with Crippen molar-refractivity contribution in [1.82, 2.24) is 9.80 Å². The molecule has 0 N–H and O–H groups in total. The number of nitrogens with zero attached hydrogens (tertiary/aromatic N) is 3. The fourth-order valence-electron chi connectivity index (χ4n) is 4.58. The Bertz CT molecular complexity index is 938. The van der Waals surface area contributed by atoms with Crippen molar-refractivity contribution >= 4 is 34.8 Å². The number of halogens is 3. The van der Waals surface area contributed by atoms with Gasteiger partial charge in [-0.2, -0.15) is 0 Å². The van der Waals surface area contributed by atoms with Crippen LogP contribution < -0.4 is 4.90 Å². The summed E-state index contributed by atoms with van der Waals surface area (Å²) in [4.78, 5) is 19.6. The lowest BCUT2D eigenvalue weighted by atomic mass is 9.94. The van der Waals surface area contributed by atoms with Crippen LogP contribution >= 0.6 is 23.2 Å². The minimum atomic E-state index is -0.265. The highest BCUT2D eigenvalue weighted by Crippen LogP contribution is 2.27. The van der Waals surface area contributed by atoms with Crippen molar-refractivity contribution in [3.05, 3.63) is 63.4 Å². The Morgan fingerprint density at radius 2 is 1.61 bits per heavy atom. The molecule has 2 aliphatic rings. The molecule has 0 spiro atoms. The van der Waals surface area contributed by atoms with Crippen LogP contribution in [0.15, 0.2) is 36.4 Å². The number of amides is 1. The smallest absolute Gasteiger partial charge is 0.225 e. The Kier molecular flexibility index (Phi) is 7.05. The highest BCUT2D eigenvalue weighted by atomic mass is 35.5. The number of benzene rings is 2. The fourth-order valence-corrected chi connectivity index (χ4v) is 4.90. The molecule has 0 atom stereocenters. The van der Waals surface area contributed by atoms with E-state index in [2.05, 4.69) is 16.7 Å². The standard InChI is InChI=1S/C24H28Cl2FN3O/c1-17-2-4-21(26)15-23(17)29-10-12-30(13-11-29)24(31)18-6-8-28(9-7-18)16-19-3-5-20(25)14-22(19)27/h2-5,14-15,18H,6-13,16H2,1H3. The summed E-state index contributed by atoms with van der Waals surface area (Å²) in [5.74, 6) is 0.0593. The van der Waals surface area contributed by atoms with Crippen molar-refractivity contribution in [2.24, 2.45) is 5.92 Å². The predicted molar refractivity (Wildman–Crippen MR) is 124 cm³/mol. The highest BCUT2D eigenvalue weighted by Gasteiger charge is 2.31. The molecular weight excluding hydrogens is 436 g/mol. The van der Waals surface area contributed by atoms with Gasteiger partial charge in [-0.25, -0.2) is 4.39 Å². The van der Waals surface area contributed by atoms with E-state index in [1.807, 2.05) is 23.1 Å². The number of carbonyl (C=O) groups is 1. The Hall–Kier alpha value is -1.82. The van der Waals surface area contributed by atoms with Crippen molar-refractivity contribution in [2.75, 3.05) is 44.2 Å². The van der Waals surface area contributed by atoms with Gasteiger partial charge in [-0.3, -0.25) is 9.69 Å². The zero-order valence-corrected chi connectivity index (χ0v) is 19.3. The van der Waals surface area contributed by atoms with Gasteiger partial charge in [0.25, 0.3) is 0 Å². The Morgan fingerprint density at radius 1 is 0.968 bits per heavy atom. The minimum absolute atomic E-state index is 0.0609. The average Bonchev–Trinajstić information content (AvgIpc) is 2.77. The normalized spacial score (nSPS) is 18.5. The van der Waals surface area contributed by atoms with E-state index in [-0.39, 0.29) is 17.6 Å². The lowest BCUT2D eigenvalue weighted by molar-refractivity contribution is -0.137. The second-order valence-corrected chi connectivity index (χ2v) is 9.40. The van der Waals surface area contributed by atoms with Crippen molar-refractivity contribution in [3.63, 3.8) is 0 Å². The van der Waals surface area contributed by atoms with Gasteiger partial charge in [-0.05, 0) is 62.7 Å². The second kappa shape index (κ2) is 9.76. The van der Waals surface area contributed by atoms with Gasteiger partial charge in [0.1, 0.15) is 5.82 Å². The molecule has 0 unspecified atom stereocenters. The first-order chi connectivity index (χ1) is 14.9. The van der Waals surface area contributed by atoms with Gasteiger partial charge in [-0.15, -0.1) is 0 Å². The van der Waals surface area contributed by atoms with E-state index in [1.54, 1.807) is 12.1 Å². The topological polar surface area (TPSA) is 26.8 Å². The summed E-state index contributed by atoms with van der Waals surface area (Å²) >= 11 is 12.0. The largest absolute Gasteiger partial charge is 0.368 e. The van der Waals surface area contributed by atoms with E-state index in [9.17, 15) is 9.18 Å². The van der Waals surface area contributed by atoms with Crippen LogP contribution in [0, 0.1) is 18.7 Å². The molecule has 2 fully saturated rings. The monoisotopic (exact) mass is 463 g/mol. The molecular formula is C24H28Cl2FN3O. The minimum Gasteiger partial charge on any atom is -0.368 e. The van der Waals surface area contributed by atoms with Crippen LogP contribution in [0.5, 0.6) is 0 Å². The van der Waals surface area contributed by atoms with E-state index >= 15 is 0 Å². The number of hydrogen-bond donors (Lipinski definition) is 0. The van der Waals surface area contributed by atoms with Crippen molar-refractivity contribution in [2.45, 2.75) is 26.3 Å². The second-order valence-electron chi connectivity index (χ2n) is 8.53. The van der Waals surface area contributed by atoms with Crippen molar-refractivity contribution < 1.29 is 9.18 Å². The van der Waals surface area contributed by atoms with Crippen molar-refractivity contribution in [1.29, 1.82) is 0 Å². The van der Waals surface area contributed by atoms with E-state index in [1.165, 1.54) is 11.6 Å². The molecule has 1 amide bonds. The number of likely N-dealkylation sites (tertiary alicyclic amines) is 1. The molecule has 4 nitrogen and oxygen atoms in total. The number of anilines is 1. The van der Waals surface area contributed by atoms with Gasteiger partial charge < -0.3 is 9.80 Å². The van der Waals surface area contributed by atoms with Crippen LogP contribution in [-0.4, -0.2) is 55.0 Å². The molecule has 2 aliphatic heterocycles. The van der Waals surface area contributed by atoms with Gasteiger partial charge in [0, 0.05) is 59.9 Å². The third-order valence-corrected chi connectivity index (χ3v) is 6.92. The first-order valence-electron chi connectivity index (χ1n) is 10.9. The molecule has 31 heavy (non-hydrogen) atoms. The highest BCUT2D eigenvalue weighted by molar-refractivity contribution is 6.31. The zero-order chi connectivity index (χ0) is 22.0. The van der Waals surface area contributed by atoms with Gasteiger partial charge in [0.2, 0.25) is 5.91 Å². The summed E-state index contributed by atoms with van der Waals surface area (Å²) in [5.41, 5.74) is 3.01. The number of hydrogen-bond acceptors (Lipinski definition) is 3. The molecule has 0 aromatic heterocycles. The van der Waals surface area contributed by atoms with E-state index < -0.39 is 0 Å². The molecule has 2 aromatic rings. The van der Waals surface area contributed by atoms with Gasteiger partial charge in [0.05, 0.1) is 0 Å². The average molecular weight is 464 g/mol. The lowest BCUT2D eigenvalue weighted by Crippen LogP contribution is -2.51. The maximum atomic E-state index is 14.1. The number of piperazine rings is 1.